The molecule has 0 saturated carbocycles. The van der Waals surface area contributed by atoms with E-state index in [0.29, 0.717) is 22.6 Å². The topological polar surface area (TPSA) is 87.4 Å². The lowest BCUT2D eigenvalue weighted by Crippen LogP contribution is -2.60. The molecule has 2 aliphatic heterocycles. The van der Waals surface area contributed by atoms with Gasteiger partial charge in [-0.15, -0.1) is 22.6 Å². The first-order valence-corrected chi connectivity index (χ1v) is 10.6. The summed E-state index contributed by atoms with van der Waals surface area (Å²) in [4.78, 5) is 21.0. The number of benzene rings is 1. The van der Waals surface area contributed by atoms with Crippen molar-refractivity contribution in [3.05, 3.63) is 53.1 Å². The molecule has 32 heavy (non-hydrogen) atoms. The SMILES string of the molecule is CN1CCC2(CC1)CN(c1ncc(-c3ccc(-c4ccn(C)c(=O)c4)cc3O)nn1)C2.Cl. The van der Waals surface area contributed by atoms with Crippen molar-refractivity contribution < 1.29 is 5.11 Å². The first-order valence-electron chi connectivity index (χ1n) is 10.6. The first-order chi connectivity index (χ1) is 14.9. The summed E-state index contributed by atoms with van der Waals surface area (Å²) in [5.41, 5.74) is 2.91. The van der Waals surface area contributed by atoms with Gasteiger partial charge in [0.25, 0.3) is 5.56 Å². The van der Waals surface area contributed by atoms with Crippen molar-refractivity contribution in [2.45, 2.75) is 12.8 Å². The number of aryl methyl sites for hydroxylation is 1. The number of hydrogen-bond acceptors (Lipinski definition) is 7. The zero-order valence-corrected chi connectivity index (χ0v) is 19.0. The Bertz CT molecular complexity index is 1160. The Balaban J connectivity index is 0.00000245. The number of aromatic hydroxyl groups is 1. The van der Waals surface area contributed by atoms with Crippen LogP contribution in [0.1, 0.15) is 12.8 Å². The van der Waals surface area contributed by atoms with E-state index in [1.54, 1.807) is 37.6 Å². The molecular weight excluding hydrogens is 428 g/mol. The fraction of sp³-hybridized carbons (Fsp3) is 0.391. The van der Waals surface area contributed by atoms with Crippen LogP contribution >= 0.6 is 12.4 Å². The normalized spacial score (nSPS) is 17.6. The molecule has 2 aliphatic rings. The van der Waals surface area contributed by atoms with E-state index in [0.717, 1.165) is 37.3 Å². The molecule has 1 N–H and O–H groups in total. The highest BCUT2D eigenvalue weighted by atomic mass is 35.5. The summed E-state index contributed by atoms with van der Waals surface area (Å²) in [6, 6.07) is 8.67. The number of anilines is 1. The second-order valence-corrected chi connectivity index (χ2v) is 8.90. The van der Waals surface area contributed by atoms with Gasteiger partial charge in [-0.25, -0.2) is 4.98 Å². The number of halogens is 1. The van der Waals surface area contributed by atoms with Gasteiger partial charge in [0.05, 0.1) is 6.20 Å². The molecule has 3 aromatic rings. The zero-order valence-electron chi connectivity index (χ0n) is 18.2. The molecule has 0 radical (unpaired) electrons. The molecule has 1 aromatic carbocycles. The smallest absolute Gasteiger partial charge is 0.250 e. The zero-order chi connectivity index (χ0) is 21.6. The van der Waals surface area contributed by atoms with Gasteiger partial charge in [0.15, 0.2) is 0 Å². The van der Waals surface area contributed by atoms with Gasteiger partial charge in [-0.2, -0.15) is 0 Å². The third-order valence-corrected chi connectivity index (χ3v) is 6.64. The molecule has 0 bridgehead atoms. The fourth-order valence-electron chi connectivity index (χ4n) is 4.51. The van der Waals surface area contributed by atoms with Crippen LogP contribution in [0.3, 0.4) is 0 Å². The number of phenolic OH excluding ortho intramolecular Hbond substituents is 1. The first kappa shape index (κ1) is 22.2. The average Bonchev–Trinajstić information content (AvgIpc) is 2.75. The van der Waals surface area contributed by atoms with Crippen LogP contribution < -0.4 is 10.5 Å². The van der Waals surface area contributed by atoms with Crippen molar-refractivity contribution in [2.75, 3.05) is 38.1 Å². The third kappa shape index (κ3) is 4.08. The summed E-state index contributed by atoms with van der Waals surface area (Å²) in [7, 11) is 3.88. The van der Waals surface area contributed by atoms with Crippen LogP contribution in [0.15, 0.2) is 47.5 Å². The molecule has 2 aromatic heterocycles. The van der Waals surface area contributed by atoms with Crippen molar-refractivity contribution in [1.82, 2.24) is 24.6 Å². The van der Waals surface area contributed by atoms with E-state index in [1.165, 1.54) is 17.4 Å². The van der Waals surface area contributed by atoms with E-state index in [-0.39, 0.29) is 23.7 Å². The molecular formula is C23H27ClN6O2. The van der Waals surface area contributed by atoms with Crippen LogP contribution in [0, 0.1) is 5.41 Å². The number of rotatable bonds is 3. The second-order valence-electron chi connectivity index (χ2n) is 8.90. The summed E-state index contributed by atoms with van der Waals surface area (Å²) in [6.45, 7) is 4.27. The molecule has 0 aliphatic carbocycles. The van der Waals surface area contributed by atoms with Crippen LogP contribution in [0.2, 0.25) is 0 Å². The van der Waals surface area contributed by atoms with E-state index < -0.39 is 0 Å². The van der Waals surface area contributed by atoms with Crippen LogP contribution in [0.4, 0.5) is 5.95 Å². The number of hydrogen-bond donors (Lipinski definition) is 1. The molecule has 5 rings (SSSR count). The van der Waals surface area contributed by atoms with Crippen LogP contribution in [-0.4, -0.2) is 63.0 Å². The summed E-state index contributed by atoms with van der Waals surface area (Å²) in [5.74, 6) is 0.723. The minimum Gasteiger partial charge on any atom is -0.507 e. The Hall–Kier alpha value is -2.97. The van der Waals surface area contributed by atoms with Crippen molar-refractivity contribution in [1.29, 1.82) is 0 Å². The number of likely N-dealkylation sites (tertiary alicyclic amines) is 1. The Morgan fingerprint density at radius 1 is 1.00 bits per heavy atom. The standard InChI is InChI=1S/C23H26N6O2.ClH/c1-27-9-6-23(7-10-27)14-29(15-23)22-24-13-19(25-26-22)18-4-3-16(11-20(18)30)17-5-8-28(2)21(31)12-17;/h3-5,8,11-13,30H,6-7,9-10,14-15H2,1-2H3;1H. The van der Waals surface area contributed by atoms with Crippen molar-refractivity contribution >= 4 is 18.4 Å². The van der Waals surface area contributed by atoms with E-state index in [1.807, 2.05) is 12.1 Å². The summed E-state index contributed by atoms with van der Waals surface area (Å²) in [5, 5.41) is 19.2. The van der Waals surface area contributed by atoms with Crippen molar-refractivity contribution in [2.24, 2.45) is 12.5 Å². The van der Waals surface area contributed by atoms with Gasteiger partial charge in [0, 0.05) is 43.4 Å². The minimum atomic E-state index is -0.0975. The van der Waals surface area contributed by atoms with E-state index >= 15 is 0 Å². The van der Waals surface area contributed by atoms with Gasteiger partial charge in [0.2, 0.25) is 5.95 Å². The molecule has 1 spiro atoms. The maximum atomic E-state index is 11.9. The van der Waals surface area contributed by atoms with Crippen molar-refractivity contribution in [3.63, 3.8) is 0 Å². The van der Waals surface area contributed by atoms with Gasteiger partial charge in [-0.1, -0.05) is 6.07 Å². The molecule has 2 saturated heterocycles. The number of phenols is 1. The molecule has 0 atom stereocenters. The van der Waals surface area contributed by atoms with E-state index in [2.05, 4.69) is 32.0 Å². The lowest BCUT2D eigenvalue weighted by atomic mass is 9.72. The van der Waals surface area contributed by atoms with Gasteiger partial charge in [0.1, 0.15) is 11.4 Å². The third-order valence-electron chi connectivity index (χ3n) is 6.64. The number of aromatic nitrogens is 4. The van der Waals surface area contributed by atoms with Crippen LogP contribution in [0.5, 0.6) is 5.75 Å². The maximum Gasteiger partial charge on any atom is 0.250 e. The molecule has 0 amide bonds. The van der Waals surface area contributed by atoms with Gasteiger partial charge in [-0.3, -0.25) is 4.79 Å². The molecule has 168 valence electrons. The lowest BCUT2D eigenvalue weighted by molar-refractivity contribution is 0.0893. The summed E-state index contributed by atoms with van der Waals surface area (Å²) in [6.07, 6.45) is 5.82. The maximum absolute atomic E-state index is 11.9. The van der Waals surface area contributed by atoms with Gasteiger partial charge < -0.3 is 19.5 Å². The Kier molecular flexibility index (Phi) is 5.92. The number of pyridine rings is 1. The number of piperidine rings is 1. The molecule has 2 fully saturated rings. The molecule has 4 heterocycles. The highest BCUT2D eigenvalue weighted by molar-refractivity contribution is 5.85. The predicted molar refractivity (Wildman–Crippen MR) is 126 cm³/mol. The lowest BCUT2D eigenvalue weighted by Gasteiger charge is -2.53. The van der Waals surface area contributed by atoms with E-state index in [9.17, 15) is 9.90 Å². The van der Waals surface area contributed by atoms with Crippen molar-refractivity contribution in [3.8, 4) is 28.1 Å². The largest absolute Gasteiger partial charge is 0.507 e. The number of nitrogens with zero attached hydrogens (tertiary/aromatic N) is 6. The minimum absolute atomic E-state index is 0. The van der Waals surface area contributed by atoms with E-state index in [4.69, 9.17) is 0 Å². The molecule has 8 nitrogen and oxygen atoms in total. The Morgan fingerprint density at radius 2 is 1.72 bits per heavy atom. The second kappa shape index (κ2) is 8.52. The summed E-state index contributed by atoms with van der Waals surface area (Å²) >= 11 is 0. The predicted octanol–water partition coefficient (Wildman–Crippen LogP) is 2.56. The highest BCUT2D eigenvalue weighted by Gasteiger charge is 2.45. The average molecular weight is 455 g/mol. The Labute approximate surface area is 193 Å². The highest BCUT2D eigenvalue weighted by Crippen LogP contribution is 2.41. The fourth-order valence-corrected chi connectivity index (χ4v) is 4.51. The molecule has 0 unspecified atom stereocenters. The summed E-state index contributed by atoms with van der Waals surface area (Å²) < 4.78 is 1.51. The van der Waals surface area contributed by atoms with Gasteiger partial charge in [-0.05, 0) is 62.3 Å². The monoisotopic (exact) mass is 454 g/mol. The van der Waals surface area contributed by atoms with Crippen LogP contribution in [0.25, 0.3) is 22.4 Å². The quantitative estimate of drug-likeness (QED) is 0.650. The molecule has 9 heteroatoms. The van der Waals surface area contributed by atoms with Gasteiger partial charge >= 0.3 is 0 Å². The van der Waals surface area contributed by atoms with Crippen LogP contribution in [-0.2, 0) is 7.05 Å². The Morgan fingerprint density at radius 3 is 2.34 bits per heavy atom.